The largest absolute Gasteiger partial charge is 0.464 e. The van der Waals surface area contributed by atoms with Crippen LogP contribution in [-0.4, -0.2) is 22.6 Å². The molecule has 0 atom stereocenters. The van der Waals surface area contributed by atoms with Crippen LogP contribution in [0.15, 0.2) is 30.5 Å². The van der Waals surface area contributed by atoms with Crippen LogP contribution >= 0.6 is 0 Å². The van der Waals surface area contributed by atoms with E-state index < -0.39 is 17.7 Å². The van der Waals surface area contributed by atoms with Crippen molar-refractivity contribution in [2.45, 2.75) is 6.18 Å². The third-order valence-electron chi connectivity index (χ3n) is 2.87. The topological polar surface area (TPSA) is 44.1 Å². The van der Waals surface area contributed by atoms with Crippen LogP contribution in [0.4, 0.5) is 13.2 Å². The van der Waals surface area contributed by atoms with Crippen molar-refractivity contribution in [1.29, 1.82) is 0 Å². The van der Waals surface area contributed by atoms with Gasteiger partial charge < -0.3 is 9.30 Å². The molecule has 2 rings (SSSR count). The number of pyridine rings is 1. The van der Waals surface area contributed by atoms with Crippen LogP contribution < -0.4 is 0 Å². The van der Waals surface area contributed by atoms with Gasteiger partial charge in [0.15, 0.2) is 0 Å². The minimum Gasteiger partial charge on any atom is -0.464 e. The van der Waals surface area contributed by atoms with E-state index >= 15 is 0 Å². The van der Waals surface area contributed by atoms with Gasteiger partial charge in [0.25, 0.3) is 0 Å². The smallest absolute Gasteiger partial charge is 0.417 e. The van der Waals surface area contributed by atoms with Gasteiger partial charge in [-0.15, -0.1) is 0 Å². The van der Waals surface area contributed by atoms with Crippen molar-refractivity contribution < 1.29 is 22.7 Å². The molecule has 0 fully saturated rings. The first-order valence-electron chi connectivity index (χ1n) is 5.62. The summed E-state index contributed by atoms with van der Waals surface area (Å²) >= 11 is 0. The molecule has 7 heteroatoms. The Labute approximate surface area is 112 Å². The molecule has 4 nitrogen and oxygen atoms in total. The van der Waals surface area contributed by atoms with Crippen LogP contribution in [-0.2, 0) is 18.0 Å². The Kier molecular flexibility index (Phi) is 3.52. The number of rotatable bonds is 2. The van der Waals surface area contributed by atoms with E-state index in [2.05, 4.69) is 9.72 Å². The highest BCUT2D eigenvalue weighted by molar-refractivity contribution is 5.88. The average Bonchev–Trinajstić information content (AvgIpc) is 2.79. The van der Waals surface area contributed by atoms with Crippen molar-refractivity contribution >= 4 is 5.97 Å². The number of ether oxygens (including phenoxy) is 1. The van der Waals surface area contributed by atoms with Crippen LogP contribution in [0.25, 0.3) is 11.4 Å². The number of hydrogen-bond acceptors (Lipinski definition) is 3. The van der Waals surface area contributed by atoms with E-state index in [0.29, 0.717) is 17.1 Å². The molecule has 0 saturated carbocycles. The van der Waals surface area contributed by atoms with Gasteiger partial charge in [-0.3, -0.25) is 4.98 Å². The fourth-order valence-corrected chi connectivity index (χ4v) is 1.79. The van der Waals surface area contributed by atoms with E-state index in [0.717, 1.165) is 12.3 Å². The minimum atomic E-state index is -4.42. The van der Waals surface area contributed by atoms with E-state index in [1.54, 1.807) is 13.1 Å². The lowest BCUT2D eigenvalue weighted by Gasteiger charge is -2.08. The van der Waals surface area contributed by atoms with E-state index in [1.807, 2.05) is 0 Å². The number of esters is 1. The second kappa shape index (κ2) is 4.99. The van der Waals surface area contributed by atoms with Gasteiger partial charge in [0.2, 0.25) is 0 Å². The summed E-state index contributed by atoms with van der Waals surface area (Å²) in [5, 5.41) is 0. The Bertz CT molecular complexity index is 630. The number of carbonyl (C=O) groups is 1. The molecular formula is C13H11F3N2O2. The van der Waals surface area contributed by atoms with Gasteiger partial charge in [-0.2, -0.15) is 13.2 Å². The predicted molar refractivity (Wildman–Crippen MR) is 65.0 cm³/mol. The molecule has 0 unspecified atom stereocenters. The van der Waals surface area contributed by atoms with Crippen molar-refractivity contribution in [3.8, 4) is 11.4 Å². The van der Waals surface area contributed by atoms with Crippen molar-refractivity contribution in [3.05, 3.63) is 41.7 Å². The third kappa shape index (κ3) is 2.52. The summed E-state index contributed by atoms with van der Waals surface area (Å²) in [4.78, 5) is 15.2. The van der Waals surface area contributed by atoms with Crippen LogP contribution in [0, 0.1) is 0 Å². The average molecular weight is 284 g/mol. The van der Waals surface area contributed by atoms with Gasteiger partial charge in [0, 0.05) is 13.2 Å². The monoisotopic (exact) mass is 284 g/mol. The molecule has 20 heavy (non-hydrogen) atoms. The Morgan fingerprint density at radius 2 is 1.95 bits per heavy atom. The summed E-state index contributed by atoms with van der Waals surface area (Å²) in [5.41, 5.74) is 0.350. The fraction of sp³-hybridized carbons (Fsp3) is 0.231. The zero-order valence-electron chi connectivity index (χ0n) is 10.7. The fourth-order valence-electron chi connectivity index (χ4n) is 1.79. The first kappa shape index (κ1) is 14.1. The van der Waals surface area contributed by atoms with E-state index in [9.17, 15) is 18.0 Å². The van der Waals surface area contributed by atoms with Crippen molar-refractivity contribution in [1.82, 2.24) is 9.55 Å². The number of aromatic nitrogens is 2. The van der Waals surface area contributed by atoms with Crippen LogP contribution in [0.3, 0.4) is 0 Å². The molecule has 2 aromatic rings. The van der Waals surface area contributed by atoms with E-state index in [4.69, 9.17) is 0 Å². The van der Waals surface area contributed by atoms with Crippen molar-refractivity contribution in [3.63, 3.8) is 0 Å². The standard InChI is InChI=1S/C13H11F3N2O2/c1-18-10(5-6-11(18)12(19)20-2)9-4-3-8(7-17-9)13(14,15)16/h3-7H,1-2H3. The summed E-state index contributed by atoms with van der Waals surface area (Å²) in [5.74, 6) is -0.523. The summed E-state index contributed by atoms with van der Waals surface area (Å²) in [7, 11) is 2.87. The molecule has 0 aromatic carbocycles. The molecule has 0 spiro atoms. The zero-order chi connectivity index (χ0) is 14.9. The first-order valence-corrected chi connectivity index (χ1v) is 5.62. The number of halogens is 3. The second-order valence-corrected chi connectivity index (χ2v) is 4.08. The molecule has 2 aromatic heterocycles. The number of hydrogen-bond donors (Lipinski definition) is 0. The van der Waals surface area contributed by atoms with Gasteiger partial charge in [-0.05, 0) is 24.3 Å². The van der Waals surface area contributed by atoms with Gasteiger partial charge in [0.1, 0.15) is 5.69 Å². The Morgan fingerprint density at radius 3 is 2.45 bits per heavy atom. The normalized spacial score (nSPS) is 11.4. The molecule has 0 aliphatic carbocycles. The lowest BCUT2D eigenvalue weighted by molar-refractivity contribution is -0.137. The Balaban J connectivity index is 2.38. The molecule has 0 saturated heterocycles. The molecule has 0 aliphatic rings. The highest BCUT2D eigenvalue weighted by Crippen LogP contribution is 2.30. The highest BCUT2D eigenvalue weighted by Gasteiger charge is 2.30. The summed E-state index contributed by atoms with van der Waals surface area (Å²) in [6, 6.07) is 5.34. The summed E-state index contributed by atoms with van der Waals surface area (Å²) < 4.78 is 43.5. The Morgan fingerprint density at radius 1 is 1.25 bits per heavy atom. The molecule has 0 bridgehead atoms. The zero-order valence-corrected chi connectivity index (χ0v) is 10.7. The van der Waals surface area contributed by atoms with Gasteiger partial charge in [0.05, 0.1) is 24.1 Å². The van der Waals surface area contributed by atoms with E-state index in [-0.39, 0.29) is 0 Å². The third-order valence-corrected chi connectivity index (χ3v) is 2.87. The Hall–Kier alpha value is -2.31. The number of alkyl halides is 3. The van der Waals surface area contributed by atoms with Gasteiger partial charge >= 0.3 is 12.1 Å². The first-order chi connectivity index (χ1) is 9.34. The molecular weight excluding hydrogens is 273 g/mol. The predicted octanol–water partition coefficient (Wildman–Crippen LogP) is 2.89. The quantitative estimate of drug-likeness (QED) is 0.796. The number of methoxy groups -OCH3 is 1. The maximum Gasteiger partial charge on any atom is 0.417 e. The van der Waals surface area contributed by atoms with Gasteiger partial charge in [-0.25, -0.2) is 4.79 Å². The van der Waals surface area contributed by atoms with Crippen LogP contribution in [0.5, 0.6) is 0 Å². The molecule has 0 aliphatic heterocycles. The van der Waals surface area contributed by atoms with Gasteiger partial charge in [-0.1, -0.05) is 0 Å². The van der Waals surface area contributed by atoms with Crippen LogP contribution in [0.2, 0.25) is 0 Å². The molecule has 2 heterocycles. The molecule has 0 N–H and O–H groups in total. The number of carbonyl (C=O) groups excluding carboxylic acids is 1. The lowest BCUT2D eigenvalue weighted by Crippen LogP contribution is -2.09. The molecule has 0 amide bonds. The van der Waals surface area contributed by atoms with E-state index in [1.165, 1.54) is 23.8 Å². The molecule has 106 valence electrons. The van der Waals surface area contributed by atoms with Crippen molar-refractivity contribution in [2.75, 3.05) is 7.11 Å². The maximum absolute atomic E-state index is 12.5. The number of nitrogens with zero attached hydrogens (tertiary/aromatic N) is 2. The molecule has 0 radical (unpaired) electrons. The highest BCUT2D eigenvalue weighted by atomic mass is 19.4. The second-order valence-electron chi connectivity index (χ2n) is 4.08. The maximum atomic E-state index is 12.5. The SMILES string of the molecule is COC(=O)c1ccc(-c2ccc(C(F)(F)F)cn2)n1C. The summed E-state index contributed by atoms with van der Waals surface area (Å²) in [6.07, 6.45) is -3.66. The minimum absolute atomic E-state index is 0.296. The lowest BCUT2D eigenvalue weighted by atomic mass is 10.2. The summed E-state index contributed by atoms with van der Waals surface area (Å²) in [6.45, 7) is 0. The van der Waals surface area contributed by atoms with Crippen molar-refractivity contribution in [2.24, 2.45) is 7.05 Å². The van der Waals surface area contributed by atoms with Crippen LogP contribution in [0.1, 0.15) is 16.1 Å².